The Morgan fingerprint density at radius 2 is 2.11 bits per heavy atom. The van der Waals surface area contributed by atoms with Gasteiger partial charge in [-0.05, 0) is 36.3 Å². The molecule has 0 aliphatic carbocycles. The number of benzene rings is 1. The lowest BCUT2D eigenvalue weighted by molar-refractivity contribution is -0.131. The second-order valence-electron chi connectivity index (χ2n) is 3.40. The van der Waals surface area contributed by atoms with Gasteiger partial charge in [0.05, 0.1) is 0 Å². The molecule has 1 aromatic rings. The van der Waals surface area contributed by atoms with E-state index in [1.807, 2.05) is 0 Å². The number of aliphatic carboxylic acids is 1. The van der Waals surface area contributed by atoms with Crippen molar-refractivity contribution in [2.24, 2.45) is 0 Å². The fourth-order valence-corrected chi connectivity index (χ4v) is 1.35. The Bertz CT molecular complexity index is 495. The number of carbonyl (C=O) groups is 2. The zero-order chi connectivity index (χ0) is 13.7. The molecule has 0 saturated heterocycles. The molecule has 1 N–H and O–H groups in total. The van der Waals surface area contributed by atoms with Crippen LogP contribution in [0.2, 0.25) is 0 Å². The minimum atomic E-state index is -3.01. The second-order valence-corrected chi connectivity index (χ2v) is 3.40. The van der Waals surface area contributed by atoms with Crippen LogP contribution in [0.15, 0.2) is 18.2 Å². The van der Waals surface area contributed by atoms with E-state index in [4.69, 9.17) is 5.11 Å². The molecule has 0 saturated carbocycles. The van der Waals surface area contributed by atoms with Gasteiger partial charge in [0.15, 0.2) is 0 Å². The molecule has 0 unspecified atom stereocenters. The third-order valence-corrected chi connectivity index (χ3v) is 2.18. The molecule has 0 bridgehead atoms. The summed E-state index contributed by atoms with van der Waals surface area (Å²) >= 11 is 0. The summed E-state index contributed by atoms with van der Waals surface area (Å²) in [5.41, 5.74) is 0.789. The molecule has 1 rings (SSSR count). The smallest absolute Gasteiger partial charge is 0.387 e. The van der Waals surface area contributed by atoms with E-state index in [9.17, 15) is 18.4 Å². The van der Waals surface area contributed by atoms with Crippen molar-refractivity contribution in [3.8, 4) is 5.75 Å². The number of hydrogen-bond donors (Lipinski definition) is 1. The van der Waals surface area contributed by atoms with E-state index in [1.165, 1.54) is 25.1 Å². The third-order valence-electron chi connectivity index (χ3n) is 2.18. The van der Waals surface area contributed by atoms with Crippen LogP contribution < -0.4 is 4.74 Å². The molecular formula is C12H10F2O4. The van der Waals surface area contributed by atoms with Gasteiger partial charge in [0.1, 0.15) is 12.0 Å². The Morgan fingerprint density at radius 3 is 2.61 bits per heavy atom. The number of alkyl halides is 2. The number of carboxylic acid groups (broad SMARTS) is 1. The van der Waals surface area contributed by atoms with Crippen molar-refractivity contribution in [1.82, 2.24) is 0 Å². The van der Waals surface area contributed by atoms with E-state index in [0.717, 1.165) is 6.08 Å². The number of ether oxygens (including phenoxy) is 1. The van der Waals surface area contributed by atoms with Gasteiger partial charge in [-0.25, -0.2) is 4.79 Å². The lowest BCUT2D eigenvalue weighted by Gasteiger charge is -2.11. The summed E-state index contributed by atoms with van der Waals surface area (Å²) in [6.07, 6.45) is 2.53. The topological polar surface area (TPSA) is 63.6 Å². The highest BCUT2D eigenvalue weighted by Gasteiger charge is 2.11. The monoisotopic (exact) mass is 256 g/mol. The van der Waals surface area contributed by atoms with Crippen LogP contribution in [0.4, 0.5) is 8.78 Å². The Hall–Kier alpha value is -2.24. The first-order valence-electron chi connectivity index (χ1n) is 4.89. The maximum Gasteiger partial charge on any atom is 0.387 e. The van der Waals surface area contributed by atoms with Crippen LogP contribution in [0, 0.1) is 6.92 Å². The van der Waals surface area contributed by atoms with Crippen molar-refractivity contribution in [2.45, 2.75) is 13.5 Å². The highest BCUT2D eigenvalue weighted by molar-refractivity contribution is 5.87. The standard InChI is InChI=1S/C12H10F2O4/c1-7-9(2-3-11(16)17)4-8(6-15)5-10(7)18-12(13)14/h2-6,12H,1H3,(H,16,17)/b3-2+. The number of rotatable bonds is 5. The minimum absolute atomic E-state index is 0.126. The van der Waals surface area contributed by atoms with Gasteiger partial charge in [-0.15, -0.1) is 0 Å². The lowest BCUT2D eigenvalue weighted by atomic mass is 10.0. The molecule has 0 fully saturated rings. The average molecular weight is 256 g/mol. The predicted octanol–water partition coefficient (Wildman–Crippen LogP) is 2.51. The largest absolute Gasteiger partial charge is 0.478 e. The molecule has 0 heterocycles. The number of halogens is 2. The van der Waals surface area contributed by atoms with Gasteiger partial charge in [-0.1, -0.05) is 0 Å². The SMILES string of the molecule is Cc1c(/C=C/C(=O)O)cc(C=O)cc1OC(F)F. The van der Waals surface area contributed by atoms with Gasteiger partial charge in [0, 0.05) is 11.6 Å². The van der Waals surface area contributed by atoms with E-state index in [1.54, 1.807) is 0 Å². The molecule has 0 aliphatic rings. The van der Waals surface area contributed by atoms with E-state index in [2.05, 4.69) is 4.74 Å². The second kappa shape index (κ2) is 5.90. The molecule has 0 aliphatic heterocycles. The van der Waals surface area contributed by atoms with E-state index < -0.39 is 12.6 Å². The van der Waals surface area contributed by atoms with Gasteiger partial charge in [0.25, 0.3) is 0 Å². The number of carbonyl (C=O) groups excluding carboxylic acids is 1. The summed E-state index contributed by atoms with van der Waals surface area (Å²) in [4.78, 5) is 21.1. The van der Waals surface area contributed by atoms with Crippen LogP contribution in [-0.2, 0) is 4.79 Å². The summed E-state index contributed by atoms with van der Waals surface area (Å²) in [5, 5.41) is 8.50. The van der Waals surface area contributed by atoms with Crippen molar-refractivity contribution in [2.75, 3.05) is 0 Å². The summed E-state index contributed by atoms with van der Waals surface area (Å²) in [5.74, 6) is -1.33. The molecule has 1 aromatic carbocycles. The van der Waals surface area contributed by atoms with Gasteiger partial charge in [-0.2, -0.15) is 8.78 Å². The van der Waals surface area contributed by atoms with Crippen LogP contribution >= 0.6 is 0 Å². The Kier molecular flexibility index (Phi) is 4.53. The summed E-state index contributed by atoms with van der Waals surface area (Å²) in [7, 11) is 0. The maximum atomic E-state index is 12.2. The zero-order valence-corrected chi connectivity index (χ0v) is 9.39. The average Bonchev–Trinajstić information content (AvgIpc) is 2.29. The highest BCUT2D eigenvalue weighted by Crippen LogP contribution is 2.26. The molecule has 6 heteroatoms. The number of carboxylic acids is 1. The van der Waals surface area contributed by atoms with Gasteiger partial charge in [-0.3, -0.25) is 4.79 Å². The van der Waals surface area contributed by atoms with Gasteiger partial charge < -0.3 is 9.84 Å². The Labute approximate surface area is 101 Å². The van der Waals surface area contributed by atoms with Crippen LogP contribution in [0.3, 0.4) is 0 Å². The van der Waals surface area contributed by atoms with Gasteiger partial charge >= 0.3 is 12.6 Å². The van der Waals surface area contributed by atoms with E-state index in [0.29, 0.717) is 17.4 Å². The van der Waals surface area contributed by atoms with Crippen molar-refractivity contribution < 1.29 is 28.2 Å². The van der Waals surface area contributed by atoms with Crippen LogP contribution in [0.1, 0.15) is 21.5 Å². The Balaban J connectivity index is 3.24. The first kappa shape index (κ1) is 13.8. The van der Waals surface area contributed by atoms with Gasteiger partial charge in [0.2, 0.25) is 0 Å². The zero-order valence-electron chi connectivity index (χ0n) is 9.39. The third kappa shape index (κ3) is 3.65. The predicted molar refractivity (Wildman–Crippen MR) is 59.9 cm³/mol. The minimum Gasteiger partial charge on any atom is -0.478 e. The molecule has 0 spiro atoms. The molecule has 0 amide bonds. The lowest BCUT2D eigenvalue weighted by Crippen LogP contribution is -2.05. The number of aldehydes is 1. The summed E-state index contributed by atoms with van der Waals surface area (Å²) < 4.78 is 28.6. The maximum absolute atomic E-state index is 12.2. The van der Waals surface area contributed by atoms with Crippen LogP contribution in [0.5, 0.6) is 5.75 Å². The van der Waals surface area contributed by atoms with Crippen molar-refractivity contribution >= 4 is 18.3 Å². The molecule has 4 nitrogen and oxygen atoms in total. The summed E-state index contributed by atoms with van der Waals surface area (Å²) in [6.45, 7) is -1.52. The van der Waals surface area contributed by atoms with Crippen LogP contribution in [-0.4, -0.2) is 24.0 Å². The quantitative estimate of drug-likeness (QED) is 0.649. The Morgan fingerprint density at radius 1 is 1.44 bits per heavy atom. The molecular weight excluding hydrogens is 246 g/mol. The van der Waals surface area contributed by atoms with Crippen LogP contribution in [0.25, 0.3) is 6.08 Å². The highest BCUT2D eigenvalue weighted by atomic mass is 19.3. The first-order valence-corrected chi connectivity index (χ1v) is 4.89. The molecule has 18 heavy (non-hydrogen) atoms. The number of hydrogen-bond acceptors (Lipinski definition) is 3. The van der Waals surface area contributed by atoms with E-state index >= 15 is 0 Å². The molecule has 0 atom stereocenters. The van der Waals surface area contributed by atoms with Crippen molar-refractivity contribution in [1.29, 1.82) is 0 Å². The fourth-order valence-electron chi connectivity index (χ4n) is 1.35. The van der Waals surface area contributed by atoms with Crippen molar-refractivity contribution in [3.05, 3.63) is 34.9 Å². The fraction of sp³-hybridized carbons (Fsp3) is 0.167. The molecule has 0 aromatic heterocycles. The van der Waals surface area contributed by atoms with E-state index in [-0.39, 0.29) is 11.3 Å². The molecule has 0 radical (unpaired) electrons. The first-order chi connectivity index (χ1) is 8.43. The normalized spacial score (nSPS) is 10.9. The summed E-state index contributed by atoms with van der Waals surface area (Å²) in [6, 6.07) is 2.56. The van der Waals surface area contributed by atoms with Crippen molar-refractivity contribution in [3.63, 3.8) is 0 Å². The molecule has 96 valence electrons.